The number of nitrogens with two attached hydrogens (primary N) is 1. The van der Waals surface area contributed by atoms with Crippen LogP contribution >= 0.6 is 22.6 Å². The topological polar surface area (TPSA) is 145 Å². The molecule has 2 aliphatic heterocycles. The highest BCUT2D eigenvalue weighted by Gasteiger charge is 2.46. The standard InChI is InChI=1S/C30H30F2IN9O2/c1-17-22(15-37-39-17)28(44)41-13-3-10-29(2,16-41)25-21-9-12-36-26(34)24(21)42(40-25)20-6-4-18(5-7-20)27(43)38-23-14-19(8-11-35-23)30(31,32)33/h4-9,11-12,14-15,25,40H,3,10,13,16H2,1-2H3,(H2,34,36)(H,37,39)(H,35,38,43)/t25-,29?/m1/s1. The summed E-state index contributed by atoms with van der Waals surface area (Å²) in [6, 6.07) is 10.9. The smallest absolute Gasteiger partial charge is 0.321 e. The van der Waals surface area contributed by atoms with Crippen LogP contribution in [0, 0.1) is 12.3 Å². The Bertz CT molecular complexity index is 1730. The van der Waals surface area contributed by atoms with E-state index >= 15 is 0 Å². The number of carbonyl (C=O) groups is 2. The van der Waals surface area contributed by atoms with E-state index in [1.165, 1.54) is 12.3 Å². The van der Waals surface area contributed by atoms with Gasteiger partial charge in [0.15, 0.2) is 0 Å². The normalized spacial score (nSPS) is 20.0. The summed E-state index contributed by atoms with van der Waals surface area (Å²) in [6.45, 7) is 5.19. The Balaban J connectivity index is 1.23. The molecule has 1 aromatic carbocycles. The van der Waals surface area contributed by atoms with E-state index in [0.29, 0.717) is 35.7 Å². The number of nitrogen functional groups attached to an aromatic ring is 1. The maximum Gasteiger partial charge on any atom is 0.321 e. The summed E-state index contributed by atoms with van der Waals surface area (Å²) >= 11 is 1.03. The van der Waals surface area contributed by atoms with E-state index in [0.717, 1.165) is 58.4 Å². The second kappa shape index (κ2) is 11.4. The van der Waals surface area contributed by atoms with Crippen LogP contribution in [0.2, 0.25) is 0 Å². The van der Waals surface area contributed by atoms with Gasteiger partial charge in [-0.15, -0.1) is 0 Å². The highest BCUT2D eigenvalue weighted by Crippen LogP contribution is 2.50. The van der Waals surface area contributed by atoms with E-state index in [2.05, 4.69) is 37.8 Å². The molecule has 1 fully saturated rings. The van der Waals surface area contributed by atoms with Gasteiger partial charge < -0.3 is 16.0 Å². The van der Waals surface area contributed by atoms with Gasteiger partial charge in [0.05, 0.1) is 23.5 Å². The number of hydrogen-bond acceptors (Lipinski definition) is 8. The second-order valence-corrected chi connectivity index (χ2v) is 12.7. The fraction of sp³-hybridized carbons (Fsp3) is 0.300. The average molecular weight is 714 g/mol. The Morgan fingerprint density at radius 1 is 1.16 bits per heavy atom. The first-order chi connectivity index (χ1) is 20.9. The number of aromatic nitrogens is 4. The third-order valence-corrected chi connectivity index (χ3v) is 8.89. The van der Waals surface area contributed by atoms with Gasteiger partial charge in [-0.2, -0.15) is 13.9 Å². The van der Waals surface area contributed by atoms with Crippen LogP contribution in [-0.2, 0) is 3.93 Å². The summed E-state index contributed by atoms with van der Waals surface area (Å²) in [6.07, 6.45) is 6.20. The van der Waals surface area contributed by atoms with Crippen LogP contribution in [0.25, 0.3) is 0 Å². The van der Waals surface area contributed by atoms with Gasteiger partial charge >= 0.3 is 3.93 Å². The minimum Gasteiger partial charge on any atom is -0.382 e. The van der Waals surface area contributed by atoms with Crippen LogP contribution in [0.4, 0.5) is 31.8 Å². The van der Waals surface area contributed by atoms with Crippen molar-refractivity contribution in [3.05, 3.63) is 89.0 Å². The summed E-state index contributed by atoms with van der Waals surface area (Å²) < 4.78 is 24.4. The molecule has 0 bridgehead atoms. The molecule has 5 heterocycles. The Labute approximate surface area is 265 Å². The third-order valence-electron chi connectivity index (χ3n) is 8.27. The first kappa shape index (κ1) is 29.9. The van der Waals surface area contributed by atoms with Gasteiger partial charge in [-0.1, -0.05) is 6.92 Å². The number of amides is 2. The van der Waals surface area contributed by atoms with E-state index in [9.17, 15) is 18.4 Å². The molecule has 6 rings (SSSR count). The number of aromatic amines is 1. The van der Waals surface area contributed by atoms with Gasteiger partial charge in [-0.3, -0.25) is 19.7 Å². The van der Waals surface area contributed by atoms with E-state index in [4.69, 9.17) is 5.73 Å². The number of rotatable bonds is 6. The lowest BCUT2D eigenvalue weighted by atomic mass is 9.73. The second-order valence-electron chi connectivity index (χ2n) is 11.4. The molecule has 1 unspecified atom stereocenters. The quantitative estimate of drug-likeness (QED) is 0.152. The van der Waals surface area contributed by atoms with Crippen molar-refractivity contribution in [2.75, 3.05) is 29.1 Å². The molecule has 0 radical (unpaired) electrons. The molecule has 4 aromatic rings. The van der Waals surface area contributed by atoms with Crippen LogP contribution in [0.5, 0.6) is 0 Å². The highest BCUT2D eigenvalue weighted by molar-refractivity contribution is 14.1. The van der Waals surface area contributed by atoms with Crippen LogP contribution < -0.4 is 21.5 Å². The fourth-order valence-electron chi connectivity index (χ4n) is 6.00. The van der Waals surface area contributed by atoms with Gasteiger partial charge in [0, 0.05) is 75.9 Å². The minimum absolute atomic E-state index is 0.0286. The van der Waals surface area contributed by atoms with Crippen molar-refractivity contribution < 1.29 is 18.4 Å². The van der Waals surface area contributed by atoms with Crippen molar-refractivity contribution in [2.24, 2.45) is 5.41 Å². The van der Waals surface area contributed by atoms with E-state index in [1.807, 2.05) is 22.9 Å². The van der Waals surface area contributed by atoms with Gasteiger partial charge in [0.2, 0.25) is 0 Å². The molecule has 0 aliphatic carbocycles. The number of benzene rings is 1. The van der Waals surface area contributed by atoms with E-state index in [1.54, 1.807) is 36.7 Å². The minimum atomic E-state index is -3.09. The van der Waals surface area contributed by atoms with Crippen LogP contribution in [-0.4, -0.2) is 50.0 Å². The summed E-state index contributed by atoms with van der Waals surface area (Å²) in [5.74, 6) is -0.163. The number of halogens is 3. The Hall–Kier alpha value is -4.18. The maximum atomic E-state index is 13.7. The van der Waals surface area contributed by atoms with Crippen LogP contribution in [0.15, 0.2) is 61.1 Å². The van der Waals surface area contributed by atoms with Crippen molar-refractivity contribution >= 4 is 57.4 Å². The number of nitrogens with one attached hydrogen (secondary N) is 3. The molecule has 2 atom stereocenters. The number of alkyl halides is 3. The number of likely N-dealkylation sites (tertiary alicyclic amines) is 1. The molecule has 1 saturated heterocycles. The Kier molecular flexibility index (Phi) is 7.73. The molecule has 3 aromatic heterocycles. The summed E-state index contributed by atoms with van der Waals surface area (Å²) in [5.41, 5.74) is 13.5. The predicted octanol–water partition coefficient (Wildman–Crippen LogP) is 5.47. The Morgan fingerprint density at radius 3 is 2.61 bits per heavy atom. The summed E-state index contributed by atoms with van der Waals surface area (Å²) in [4.78, 5) is 36.5. The molecule has 5 N–H and O–H groups in total. The summed E-state index contributed by atoms with van der Waals surface area (Å²) in [7, 11) is 0. The zero-order valence-electron chi connectivity index (χ0n) is 23.9. The molecule has 0 saturated carbocycles. The van der Waals surface area contributed by atoms with Crippen molar-refractivity contribution in [1.29, 1.82) is 0 Å². The monoisotopic (exact) mass is 713 g/mol. The number of piperidine rings is 1. The number of nitrogens with zero attached hydrogens (tertiary/aromatic N) is 5. The van der Waals surface area contributed by atoms with Crippen molar-refractivity contribution in [1.82, 2.24) is 30.5 Å². The number of aryl methyl sites for hydroxylation is 1. The lowest BCUT2D eigenvalue weighted by molar-refractivity contribution is 0.0454. The average Bonchev–Trinajstić information content (AvgIpc) is 3.61. The first-order valence-corrected chi connectivity index (χ1v) is 15.1. The van der Waals surface area contributed by atoms with Gasteiger partial charge in [0.25, 0.3) is 11.8 Å². The highest BCUT2D eigenvalue weighted by atomic mass is 127. The molecule has 2 aliphatic rings. The van der Waals surface area contributed by atoms with E-state index < -0.39 is 9.84 Å². The molecule has 14 heteroatoms. The lowest BCUT2D eigenvalue weighted by Gasteiger charge is -2.44. The molecule has 0 spiro atoms. The number of hydrazine groups is 1. The number of pyridine rings is 2. The molecule has 228 valence electrons. The molecule has 11 nitrogen and oxygen atoms in total. The van der Waals surface area contributed by atoms with Gasteiger partial charge in [-0.25, -0.2) is 15.4 Å². The predicted molar refractivity (Wildman–Crippen MR) is 170 cm³/mol. The zero-order chi connectivity index (χ0) is 31.2. The molecule has 44 heavy (non-hydrogen) atoms. The van der Waals surface area contributed by atoms with Crippen molar-refractivity contribution in [3.63, 3.8) is 0 Å². The third kappa shape index (κ3) is 5.58. The maximum absolute atomic E-state index is 13.7. The zero-order valence-corrected chi connectivity index (χ0v) is 26.1. The summed E-state index contributed by atoms with van der Waals surface area (Å²) in [5, 5.41) is 11.3. The number of fused-ring (bicyclic) bond motifs is 1. The Morgan fingerprint density at radius 2 is 1.91 bits per heavy atom. The lowest BCUT2D eigenvalue weighted by Crippen LogP contribution is -2.50. The molecule has 2 amide bonds. The van der Waals surface area contributed by atoms with Gasteiger partial charge in [-0.05, 0) is 62.2 Å². The number of hydrogen-bond donors (Lipinski definition) is 4. The van der Waals surface area contributed by atoms with Crippen molar-refractivity contribution in [3.8, 4) is 0 Å². The van der Waals surface area contributed by atoms with E-state index in [-0.39, 0.29) is 28.7 Å². The largest absolute Gasteiger partial charge is 0.382 e. The van der Waals surface area contributed by atoms with Crippen molar-refractivity contribution in [2.45, 2.75) is 36.7 Å². The van der Waals surface area contributed by atoms with Crippen LogP contribution in [0.1, 0.15) is 63.3 Å². The molecular formula is C30H30F2IN9O2. The number of carbonyl (C=O) groups excluding carboxylic acids is 2. The SMILES string of the molecule is Cc1[nH]ncc1C(=O)N1CCCC(C)([C@@H]2NN(c3ccc(C(=O)Nc4cc(C(F)(F)I)ccn4)cc3)c3c2ccnc3N)C1. The van der Waals surface area contributed by atoms with Crippen LogP contribution in [0.3, 0.4) is 0 Å². The first-order valence-electron chi connectivity index (χ1n) is 14.0. The fourth-order valence-corrected chi connectivity index (χ4v) is 6.34. The molecular weight excluding hydrogens is 683 g/mol. The van der Waals surface area contributed by atoms with Gasteiger partial charge in [0.1, 0.15) is 17.3 Å². The number of H-pyrrole nitrogens is 1. The number of anilines is 4.